The fraction of sp³-hybridized carbons (Fsp3) is 0.429. The van der Waals surface area contributed by atoms with Gasteiger partial charge in [-0.25, -0.2) is 8.42 Å². The summed E-state index contributed by atoms with van der Waals surface area (Å²) in [7, 11) is -3.54. The Labute approximate surface area is 161 Å². The lowest BCUT2D eigenvalue weighted by Gasteiger charge is -2.25. The average Bonchev–Trinajstić information content (AvgIpc) is 3.04. The van der Waals surface area contributed by atoms with Gasteiger partial charge in [0.05, 0.1) is 24.2 Å². The summed E-state index contributed by atoms with van der Waals surface area (Å²) >= 11 is 0. The van der Waals surface area contributed by atoms with Crippen molar-refractivity contribution in [2.45, 2.75) is 44.0 Å². The highest BCUT2D eigenvalue weighted by Gasteiger charge is 2.36. The summed E-state index contributed by atoms with van der Waals surface area (Å²) in [5.74, 6) is 1.44. The molecule has 0 saturated carbocycles. The van der Waals surface area contributed by atoms with Crippen LogP contribution in [0, 0.1) is 13.8 Å². The number of hydrogen-bond acceptors (Lipinski definition) is 4. The molecule has 0 unspecified atom stereocenters. The minimum atomic E-state index is -3.54. The number of benzene rings is 2. The third-order valence-corrected chi connectivity index (χ3v) is 7.35. The van der Waals surface area contributed by atoms with Crippen LogP contribution < -0.4 is 9.47 Å². The first kappa shape index (κ1) is 18.3. The lowest BCUT2D eigenvalue weighted by Crippen LogP contribution is -2.30. The van der Waals surface area contributed by atoms with Crippen molar-refractivity contribution >= 4 is 10.0 Å². The third kappa shape index (κ3) is 3.44. The third-order valence-electron chi connectivity index (χ3n) is 5.44. The molecule has 1 fully saturated rings. The first-order valence-electron chi connectivity index (χ1n) is 9.45. The van der Waals surface area contributed by atoms with Gasteiger partial charge < -0.3 is 9.47 Å². The number of aryl methyl sites for hydroxylation is 2. The molecule has 6 heteroatoms. The number of fused-ring (bicyclic) bond motifs is 1. The molecule has 4 rings (SSSR count). The van der Waals surface area contributed by atoms with Crippen LogP contribution in [0.15, 0.2) is 41.3 Å². The van der Waals surface area contributed by atoms with E-state index in [2.05, 4.69) is 0 Å². The average molecular weight is 388 g/mol. The van der Waals surface area contributed by atoms with Crippen molar-refractivity contribution in [3.8, 4) is 11.5 Å². The Kier molecular flexibility index (Phi) is 4.86. The number of nitrogens with zero attached hydrogens (tertiary/aromatic N) is 1. The highest BCUT2D eigenvalue weighted by molar-refractivity contribution is 7.89. The molecule has 0 spiro atoms. The van der Waals surface area contributed by atoms with Crippen LogP contribution in [0.4, 0.5) is 0 Å². The Morgan fingerprint density at radius 2 is 1.70 bits per heavy atom. The quantitative estimate of drug-likeness (QED) is 0.799. The zero-order valence-electron chi connectivity index (χ0n) is 15.8. The molecule has 0 bridgehead atoms. The summed E-state index contributed by atoms with van der Waals surface area (Å²) in [5.41, 5.74) is 3.04. The number of sulfonamides is 1. The molecule has 1 saturated heterocycles. The van der Waals surface area contributed by atoms with E-state index >= 15 is 0 Å². The highest BCUT2D eigenvalue weighted by Crippen LogP contribution is 2.40. The van der Waals surface area contributed by atoms with E-state index in [0.717, 1.165) is 41.7 Å². The van der Waals surface area contributed by atoms with E-state index in [9.17, 15) is 8.42 Å². The van der Waals surface area contributed by atoms with Crippen molar-refractivity contribution < 1.29 is 17.9 Å². The molecule has 2 aromatic carbocycles. The Hall–Kier alpha value is -2.05. The van der Waals surface area contributed by atoms with E-state index < -0.39 is 10.0 Å². The predicted octanol–water partition coefficient (Wildman–Crippen LogP) is 3.99. The molecule has 2 heterocycles. The summed E-state index contributed by atoms with van der Waals surface area (Å²) in [6.07, 6.45) is 2.51. The van der Waals surface area contributed by atoms with E-state index in [4.69, 9.17) is 9.47 Å². The summed E-state index contributed by atoms with van der Waals surface area (Å²) in [4.78, 5) is 0.367. The van der Waals surface area contributed by atoms with Crippen LogP contribution in [-0.2, 0) is 10.0 Å². The molecule has 2 aliphatic rings. The fourth-order valence-electron chi connectivity index (χ4n) is 3.76. The molecule has 0 amide bonds. The topological polar surface area (TPSA) is 55.8 Å². The standard InChI is InChI=1S/C21H25NO4S/c1-15-6-8-18(13-16(15)2)27(23,24)22-10-3-5-19(22)17-7-9-20-21(14-17)26-12-4-11-25-20/h6-9,13-14,19H,3-5,10-12H2,1-2H3/t19-/m1/s1. The van der Waals surface area contributed by atoms with Crippen LogP contribution in [0.1, 0.15) is 42.0 Å². The van der Waals surface area contributed by atoms with Crippen molar-refractivity contribution in [3.63, 3.8) is 0 Å². The Morgan fingerprint density at radius 3 is 2.48 bits per heavy atom. The second-order valence-electron chi connectivity index (χ2n) is 7.28. The molecule has 2 aromatic rings. The van der Waals surface area contributed by atoms with Crippen molar-refractivity contribution in [2.75, 3.05) is 19.8 Å². The van der Waals surface area contributed by atoms with E-state index in [-0.39, 0.29) is 6.04 Å². The minimum Gasteiger partial charge on any atom is -0.490 e. The molecule has 27 heavy (non-hydrogen) atoms. The van der Waals surface area contributed by atoms with Crippen molar-refractivity contribution in [1.82, 2.24) is 4.31 Å². The zero-order valence-corrected chi connectivity index (χ0v) is 16.6. The normalized spacial score (nSPS) is 20.4. The first-order chi connectivity index (χ1) is 13.0. The molecule has 0 radical (unpaired) electrons. The number of ether oxygens (including phenoxy) is 2. The van der Waals surface area contributed by atoms with Gasteiger partial charge >= 0.3 is 0 Å². The highest BCUT2D eigenvalue weighted by atomic mass is 32.2. The van der Waals surface area contributed by atoms with Crippen LogP contribution in [-0.4, -0.2) is 32.5 Å². The molecule has 0 aliphatic carbocycles. The summed E-state index contributed by atoms with van der Waals surface area (Å²) in [6.45, 7) is 5.73. The Morgan fingerprint density at radius 1 is 0.926 bits per heavy atom. The lowest BCUT2D eigenvalue weighted by molar-refractivity contribution is 0.296. The largest absolute Gasteiger partial charge is 0.490 e. The van der Waals surface area contributed by atoms with Crippen molar-refractivity contribution in [2.24, 2.45) is 0 Å². The summed E-state index contributed by atoms with van der Waals surface area (Å²) in [5, 5.41) is 0. The summed E-state index contributed by atoms with van der Waals surface area (Å²) in [6, 6.07) is 11.0. The Bertz CT molecular complexity index is 955. The predicted molar refractivity (Wildman–Crippen MR) is 104 cm³/mol. The molecule has 0 aromatic heterocycles. The smallest absolute Gasteiger partial charge is 0.243 e. The maximum absolute atomic E-state index is 13.3. The molecular formula is C21H25NO4S. The SMILES string of the molecule is Cc1ccc(S(=O)(=O)N2CCC[C@@H]2c2ccc3c(c2)OCCCO3)cc1C. The van der Waals surface area contributed by atoms with Gasteiger partial charge in [0, 0.05) is 13.0 Å². The van der Waals surface area contributed by atoms with Gasteiger partial charge in [-0.1, -0.05) is 12.1 Å². The maximum atomic E-state index is 13.3. The van der Waals surface area contributed by atoms with Crippen LogP contribution in [0.25, 0.3) is 0 Å². The van der Waals surface area contributed by atoms with E-state index in [1.165, 1.54) is 0 Å². The van der Waals surface area contributed by atoms with Gasteiger partial charge in [-0.2, -0.15) is 4.31 Å². The molecule has 1 atom stereocenters. The monoisotopic (exact) mass is 387 g/mol. The van der Waals surface area contributed by atoms with Gasteiger partial charge in [0.2, 0.25) is 10.0 Å². The van der Waals surface area contributed by atoms with Crippen LogP contribution >= 0.6 is 0 Å². The van der Waals surface area contributed by atoms with Gasteiger partial charge in [0.1, 0.15) is 0 Å². The molecular weight excluding hydrogens is 362 g/mol. The van der Waals surface area contributed by atoms with Crippen molar-refractivity contribution in [3.05, 3.63) is 53.1 Å². The van der Waals surface area contributed by atoms with E-state index in [0.29, 0.717) is 30.4 Å². The fourth-order valence-corrected chi connectivity index (χ4v) is 5.53. The van der Waals surface area contributed by atoms with Gasteiger partial charge in [-0.3, -0.25) is 0 Å². The van der Waals surface area contributed by atoms with Gasteiger partial charge in [-0.05, 0) is 67.6 Å². The van der Waals surface area contributed by atoms with Gasteiger partial charge in [0.25, 0.3) is 0 Å². The first-order valence-corrected chi connectivity index (χ1v) is 10.9. The lowest BCUT2D eigenvalue weighted by atomic mass is 10.0. The second kappa shape index (κ2) is 7.17. The van der Waals surface area contributed by atoms with Gasteiger partial charge in [0.15, 0.2) is 11.5 Å². The maximum Gasteiger partial charge on any atom is 0.243 e. The van der Waals surface area contributed by atoms with Crippen LogP contribution in [0.2, 0.25) is 0 Å². The Balaban J connectivity index is 1.68. The molecule has 144 valence electrons. The second-order valence-corrected chi connectivity index (χ2v) is 9.17. The minimum absolute atomic E-state index is 0.172. The molecule has 0 N–H and O–H groups in total. The molecule has 2 aliphatic heterocycles. The number of rotatable bonds is 3. The zero-order chi connectivity index (χ0) is 19.0. The molecule has 5 nitrogen and oxygen atoms in total. The van der Waals surface area contributed by atoms with Crippen LogP contribution in [0.3, 0.4) is 0 Å². The van der Waals surface area contributed by atoms with E-state index in [1.54, 1.807) is 16.4 Å². The summed E-state index contributed by atoms with van der Waals surface area (Å²) < 4.78 is 39.7. The van der Waals surface area contributed by atoms with Crippen LogP contribution in [0.5, 0.6) is 11.5 Å². The van der Waals surface area contributed by atoms with Gasteiger partial charge in [-0.15, -0.1) is 0 Å². The number of hydrogen-bond donors (Lipinski definition) is 0. The van der Waals surface area contributed by atoms with E-state index in [1.807, 2.05) is 38.1 Å². The van der Waals surface area contributed by atoms with Crippen molar-refractivity contribution in [1.29, 1.82) is 0 Å².